The third-order valence-electron chi connectivity index (χ3n) is 3.43. The first-order valence-electron chi connectivity index (χ1n) is 6.48. The molecule has 0 unspecified atom stereocenters. The molecule has 0 saturated carbocycles. The van der Waals surface area contributed by atoms with Crippen molar-refractivity contribution in [3.63, 3.8) is 0 Å². The van der Waals surface area contributed by atoms with Gasteiger partial charge in [-0.3, -0.25) is 0 Å². The van der Waals surface area contributed by atoms with Crippen molar-refractivity contribution in [3.05, 3.63) is 65.0 Å². The Balaban J connectivity index is 1.73. The first kappa shape index (κ1) is 12.7. The Bertz CT molecular complexity index is 667. The van der Waals surface area contributed by atoms with Gasteiger partial charge >= 0.3 is 0 Å². The molecule has 2 aromatic rings. The second kappa shape index (κ2) is 5.33. The average molecular weight is 271 g/mol. The van der Waals surface area contributed by atoms with Crippen LogP contribution in [-0.2, 0) is 13.0 Å². The molecule has 1 aliphatic carbocycles. The Morgan fingerprint density at radius 3 is 2.85 bits per heavy atom. The molecule has 1 N–H and O–H groups in total. The van der Waals surface area contributed by atoms with E-state index < -0.39 is 0 Å². The summed E-state index contributed by atoms with van der Waals surface area (Å²) in [7, 11) is 0. The van der Waals surface area contributed by atoms with Crippen LogP contribution in [0.25, 0.3) is 0 Å². The number of hydrogen-bond acceptors (Lipinski definition) is 3. The van der Waals surface area contributed by atoms with Gasteiger partial charge in [0.25, 0.3) is 0 Å². The van der Waals surface area contributed by atoms with Crippen LogP contribution < -0.4 is 4.74 Å². The van der Waals surface area contributed by atoms with E-state index in [9.17, 15) is 4.39 Å². The topological polar surface area (TPSA) is 41.8 Å². The van der Waals surface area contributed by atoms with Crippen molar-refractivity contribution in [1.82, 2.24) is 0 Å². The predicted molar refractivity (Wildman–Crippen MR) is 73.8 cm³/mol. The quantitative estimate of drug-likeness (QED) is 0.685. The predicted octanol–water partition coefficient (Wildman–Crippen LogP) is 3.53. The summed E-state index contributed by atoms with van der Waals surface area (Å²) in [5, 5.41) is 12.2. The van der Waals surface area contributed by atoms with Crippen molar-refractivity contribution in [2.45, 2.75) is 19.4 Å². The molecular formula is C16H14FNO2. The van der Waals surface area contributed by atoms with Crippen LogP contribution in [0.2, 0.25) is 0 Å². The lowest BCUT2D eigenvalue weighted by molar-refractivity contribution is 0.305. The van der Waals surface area contributed by atoms with E-state index in [0.29, 0.717) is 6.61 Å². The molecule has 2 aromatic carbocycles. The Labute approximate surface area is 116 Å². The van der Waals surface area contributed by atoms with Gasteiger partial charge in [-0.15, -0.1) is 0 Å². The number of hydrogen-bond donors (Lipinski definition) is 1. The summed E-state index contributed by atoms with van der Waals surface area (Å²) < 4.78 is 18.7. The van der Waals surface area contributed by atoms with Gasteiger partial charge in [-0.2, -0.15) is 0 Å². The first-order valence-corrected chi connectivity index (χ1v) is 6.48. The molecule has 0 saturated heterocycles. The molecule has 0 bridgehead atoms. The van der Waals surface area contributed by atoms with Crippen LogP contribution in [-0.4, -0.2) is 10.9 Å². The number of oxime groups is 1. The summed E-state index contributed by atoms with van der Waals surface area (Å²) in [4.78, 5) is 0. The van der Waals surface area contributed by atoms with Gasteiger partial charge in [0.2, 0.25) is 0 Å². The summed E-state index contributed by atoms with van der Waals surface area (Å²) in [6.45, 7) is 0.331. The molecule has 0 aromatic heterocycles. The number of benzene rings is 2. The maximum Gasteiger partial charge on any atom is 0.123 e. The lowest BCUT2D eigenvalue weighted by atomic mass is 10.1. The third kappa shape index (κ3) is 2.50. The fourth-order valence-corrected chi connectivity index (χ4v) is 2.43. The van der Waals surface area contributed by atoms with Crippen LogP contribution in [0.5, 0.6) is 5.75 Å². The second-order valence-corrected chi connectivity index (χ2v) is 4.78. The van der Waals surface area contributed by atoms with E-state index in [4.69, 9.17) is 9.94 Å². The van der Waals surface area contributed by atoms with Gasteiger partial charge < -0.3 is 9.94 Å². The Morgan fingerprint density at radius 2 is 2.05 bits per heavy atom. The molecule has 0 atom stereocenters. The van der Waals surface area contributed by atoms with Crippen molar-refractivity contribution in [3.8, 4) is 5.75 Å². The minimum Gasteiger partial charge on any atom is -0.489 e. The summed E-state index contributed by atoms with van der Waals surface area (Å²) in [5.41, 5.74) is 3.61. The van der Waals surface area contributed by atoms with Crippen molar-refractivity contribution < 1.29 is 14.3 Å². The Hall–Kier alpha value is -2.36. The van der Waals surface area contributed by atoms with Crippen LogP contribution in [0.1, 0.15) is 23.1 Å². The molecular weight excluding hydrogens is 257 g/mol. The third-order valence-corrected chi connectivity index (χ3v) is 3.43. The molecule has 3 nitrogen and oxygen atoms in total. The molecule has 0 heterocycles. The lowest BCUT2D eigenvalue weighted by Gasteiger charge is -2.08. The van der Waals surface area contributed by atoms with Gasteiger partial charge in [-0.1, -0.05) is 17.3 Å². The fraction of sp³-hybridized carbons (Fsp3) is 0.188. The molecule has 102 valence electrons. The average Bonchev–Trinajstić information content (AvgIpc) is 2.87. The summed E-state index contributed by atoms with van der Waals surface area (Å²) in [5.74, 6) is 0.482. The van der Waals surface area contributed by atoms with E-state index in [1.807, 2.05) is 24.3 Å². The summed E-state index contributed by atoms with van der Waals surface area (Å²) in [6, 6.07) is 12.1. The van der Waals surface area contributed by atoms with Gasteiger partial charge in [0, 0.05) is 5.56 Å². The zero-order valence-electron chi connectivity index (χ0n) is 10.8. The number of halogens is 1. The summed E-state index contributed by atoms with van der Waals surface area (Å²) >= 11 is 0. The Morgan fingerprint density at radius 1 is 1.15 bits per heavy atom. The maximum absolute atomic E-state index is 13.1. The number of aryl methyl sites for hydroxylation is 1. The smallest absolute Gasteiger partial charge is 0.123 e. The normalized spacial score (nSPS) is 15.3. The molecule has 1 aliphatic rings. The number of ether oxygens (including phenoxy) is 1. The molecule has 0 amide bonds. The van der Waals surface area contributed by atoms with E-state index in [1.165, 1.54) is 12.1 Å². The minimum atomic E-state index is -0.260. The van der Waals surface area contributed by atoms with Crippen LogP contribution in [0.3, 0.4) is 0 Å². The molecule has 0 radical (unpaired) electrons. The lowest BCUT2D eigenvalue weighted by Crippen LogP contribution is -1.98. The molecule has 3 rings (SSSR count). The van der Waals surface area contributed by atoms with Crippen LogP contribution in [0.4, 0.5) is 4.39 Å². The molecule has 0 spiro atoms. The van der Waals surface area contributed by atoms with E-state index in [0.717, 1.165) is 41.0 Å². The molecule has 0 fully saturated rings. The summed E-state index contributed by atoms with van der Waals surface area (Å²) in [6.07, 6.45) is 1.60. The van der Waals surface area contributed by atoms with Crippen LogP contribution in [0, 0.1) is 5.82 Å². The van der Waals surface area contributed by atoms with Crippen molar-refractivity contribution in [2.24, 2.45) is 5.16 Å². The first-order chi connectivity index (χ1) is 9.76. The standard InChI is InChI=1S/C16H14FNO2/c17-13-3-1-2-11(8-13)10-20-14-5-6-15-12(9-14)4-7-16(15)18-19/h1-3,5-6,8-9,19H,4,7,10H2/b18-16-. The fourth-order valence-electron chi connectivity index (χ4n) is 2.43. The maximum atomic E-state index is 13.1. The van der Waals surface area contributed by atoms with Crippen LogP contribution in [0.15, 0.2) is 47.6 Å². The second-order valence-electron chi connectivity index (χ2n) is 4.78. The zero-order valence-corrected chi connectivity index (χ0v) is 10.8. The van der Waals surface area contributed by atoms with Crippen LogP contribution >= 0.6 is 0 Å². The van der Waals surface area contributed by atoms with Crippen molar-refractivity contribution in [2.75, 3.05) is 0 Å². The van der Waals surface area contributed by atoms with Gasteiger partial charge in [0.05, 0.1) is 5.71 Å². The van der Waals surface area contributed by atoms with E-state index in [2.05, 4.69) is 5.16 Å². The Kier molecular flexibility index (Phi) is 3.37. The molecule has 20 heavy (non-hydrogen) atoms. The zero-order chi connectivity index (χ0) is 13.9. The van der Waals surface area contributed by atoms with Gasteiger partial charge in [-0.25, -0.2) is 4.39 Å². The SMILES string of the molecule is O/N=C1/CCc2cc(OCc3cccc(F)c3)ccc21. The van der Waals surface area contributed by atoms with Crippen molar-refractivity contribution >= 4 is 5.71 Å². The highest BCUT2D eigenvalue weighted by atomic mass is 19.1. The minimum absolute atomic E-state index is 0.260. The molecule has 0 aliphatic heterocycles. The molecule has 4 heteroatoms. The number of nitrogens with zero attached hydrogens (tertiary/aromatic N) is 1. The highest BCUT2D eigenvalue weighted by Gasteiger charge is 2.18. The van der Waals surface area contributed by atoms with E-state index >= 15 is 0 Å². The van der Waals surface area contributed by atoms with E-state index in [1.54, 1.807) is 6.07 Å². The van der Waals surface area contributed by atoms with E-state index in [-0.39, 0.29) is 5.82 Å². The van der Waals surface area contributed by atoms with Gasteiger partial charge in [0.1, 0.15) is 18.2 Å². The monoisotopic (exact) mass is 271 g/mol. The highest BCUT2D eigenvalue weighted by molar-refractivity contribution is 6.04. The largest absolute Gasteiger partial charge is 0.489 e. The van der Waals surface area contributed by atoms with Gasteiger partial charge in [0.15, 0.2) is 0 Å². The number of fused-ring (bicyclic) bond motifs is 1. The van der Waals surface area contributed by atoms with Crippen molar-refractivity contribution in [1.29, 1.82) is 0 Å². The highest BCUT2D eigenvalue weighted by Crippen LogP contribution is 2.27. The number of rotatable bonds is 3. The van der Waals surface area contributed by atoms with Gasteiger partial charge in [-0.05, 0) is 54.3 Å².